The standard InChI is InChI=1S/C33H36FN7O2/c1-20(2)24-12-8-9-21(3)31(24)41(19-43)33-26(32(36-5)40-14-13-39(18-42)17-22(40)4)16-27(34)30(38-33)29-25-11-7-6-10-23(25)15-28(35)37-29/h6-12,15-16,18-20,22H,13-14,17H2,1-5H3,(H2,35,37). The number of nitrogens with zero attached hydrogens (tertiary/aromatic N) is 6. The van der Waals surface area contributed by atoms with Gasteiger partial charge in [-0.1, -0.05) is 56.3 Å². The minimum atomic E-state index is -0.623. The number of anilines is 3. The largest absolute Gasteiger partial charge is 0.384 e. The first kappa shape index (κ1) is 29.6. The van der Waals surface area contributed by atoms with Crippen LogP contribution in [0.25, 0.3) is 22.2 Å². The van der Waals surface area contributed by atoms with Crippen LogP contribution in [0.1, 0.15) is 43.4 Å². The van der Waals surface area contributed by atoms with E-state index in [9.17, 15) is 9.59 Å². The lowest BCUT2D eigenvalue weighted by atomic mass is 9.97. The van der Waals surface area contributed by atoms with E-state index in [-0.39, 0.29) is 35.0 Å². The van der Waals surface area contributed by atoms with Crippen LogP contribution < -0.4 is 10.6 Å². The van der Waals surface area contributed by atoms with Gasteiger partial charge in [-0.05, 0) is 48.4 Å². The molecule has 5 rings (SSSR count). The number of para-hydroxylation sites is 1. The maximum Gasteiger partial charge on any atom is 0.219 e. The number of nitrogen functional groups attached to an aromatic ring is 1. The van der Waals surface area contributed by atoms with E-state index in [1.165, 1.54) is 11.0 Å². The fourth-order valence-corrected chi connectivity index (χ4v) is 5.88. The highest BCUT2D eigenvalue weighted by Crippen LogP contribution is 2.39. The fraction of sp³-hybridized carbons (Fsp3) is 0.303. The number of amides is 2. The molecular formula is C33H36FN7O2. The predicted molar refractivity (Wildman–Crippen MR) is 169 cm³/mol. The van der Waals surface area contributed by atoms with Crippen molar-refractivity contribution in [2.45, 2.75) is 39.7 Å². The van der Waals surface area contributed by atoms with Gasteiger partial charge < -0.3 is 15.5 Å². The van der Waals surface area contributed by atoms with Gasteiger partial charge in [-0.25, -0.2) is 14.4 Å². The van der Waals surface area contributed by atoms with Gasteiger partial charge in [0.1, 0.15) is 23.0 Å². The fourth-order valence-electron chi connectivity index (χ4n) is 5.88. The Balaban J connectivity index is 1.80. The lowest BCUT2D eigenvalue weighted by Gasteiger charge is -2.40. The third kappa shape index (κ3) is 5.52. The molecule has 1 aliphatic heterocycles. The minimum Gasteiger partial charge on any atom is -0.384 e. The Kier molecular flexibility index (Phi) is 8.38. The SMILES string of the molecule is CN=C(c1cc(F)c(-c2nc(N)cc3ccccc23)nc1N(C=O)c1c(C)cccc1C(C)C)N1CCN(C=O)CC1C. The highest BCUT2D eigenvalue weighted by molar-refractivity contribution is 6.07. The van der Waals surface area contributed by atoms with Gasteiger partial charge in [-0.2, -0.15) is 0 Å². The zero-order chi connectivity index (χ0) is 30.8. The van der Waals surface area contributed by atoms with Gasteiger partial charge in [0.25, 0.3) is 0 Å². The summed E-state index contributed by atoms with van der Waals surface area (Å²) in [6.07, 6.45) is 1.55. The molecule has 2 amide bonds. The maximum atomic E-state index is 16.3. The molecule has 0 bridgehead atoms. The number of pyridine rings is 2. The van der Waals surface area contributed by atoms with Crippen molar-refractivity contribution < 1.29 is 14.0 Å². The van der Waals surface area contributed by atoms with Crippen molar-refractivity contribution in [2.75, 3.05) is 37.3 Å². The number of carbonyl (C=O) groups excluding carboxylic acids is 2. The molecule has 1 aliphatic rings. The number of piperazine rings is 1. The number of rotatable bonds is 7. The summed E-state index contributed by atoms with van der Waals surface area (Å²) in [5, 5.41) is 1.48. The molecule has 1 unspecified atom stereocenters. The summed E-state index contributed by atoms with van der Waals surface area (Å²) >= 11 is 0. The molecule has 222 valence electrons. The molecule has 0 saturated carbocycles. The van der Waals surface area contributed by atoms with Gasteiger partial charge >= 0.3 is 0 Å². The average molecular weight is 582 g/mol. The van der Waals surface area contributed by atoms with Crippen molar-refractivity contribution in [3.8, 4) is 11.4 Å². The summed E-state index contributed by atoms with van der Waals surface area (Å²) in [5.74, 6) is 0.397. The molecule has 3 heterocycles. The zero-order valence-corrected chi connectivity index (χ0v) is 25.1. The number of amidine groups is 1. The van der Waals surface area contributed by atoms with Crippen molar-refractivity contribution >= 4 is 46.8 Å². The van der Waals surface area contributed by atoms with Crippen LogP contribution in [0.4, 0.5) is 21.7 Å². The van der Waals surface area contributed by atoms with Gasteiger partial charge in [0.05, 0.1) is 11.3 Å². The first-order valence-electron chi connectivity index (χ1n) is 14.3. The molecule has 0 spiro atoms. The molecular weight excluding hydrogens is 545 g/mol. The Bertz CT molecular complexity index is 1720. The molecule has 43 heavy (non-hydrogen) atoms. The van der Waals surface area contributed by atoms with Crippen molar-refractivity contribution in [2.24, 2.45) is 4.99 Å². The second-order valence-corrected chi connectivity index (χ2v) is 11.1. The van der Waals surface area contributed by atoms with Crippen LogP contribution in [0.5, 0.6) is 0 Å². The maximum absolute atomic E-state index is 16.3. The summed E-state index contributed by atoms with van der Waals surface area (Å²) in [4.78, 5) is 43.7. The van der Waals surface area contributed by atoms with E-state index in [0.717, 1.165) is 22.9 Å². The van der Waals surface area contributed by atoms with E-state index in [2.05, 4.69) is 23.8 Å². The first-order valence-corrected chi connectivity index (χ1v) is 14.3. The van der Waals surface area contributed by atoms with Crippen LogP contribution in [0.3, 0.4) is 0 Å². The number of aryl methyl sites for hydroxylation is 1. The van der Waals surface area contributed by atoms with Crippen LogP contribution in [0, 0.1) is 12.7 Å². The van der Waals surface area contributed by atoms with Gasteiger partial charge in [-0.15, -0.1) is 0 Å². The monoisotopic (exact) mass is 581 g/mol. The number of aliphatic imine (C=N–C) groups is 1. The number of carbonyl (C=O) groups is 2. The summed E-state index contributed by atoms with van der Waals surface area (Å²) in [6, 6.07) is 16.3. The van der Waals surface area contributed by atoms with E-state index in [4.69, 9.17) is 10.7 Å². The number of hydrogen-bond donors (Lipinski definition) is 1. The van der Waals surface area contributed by atoms with Gasteiger partial charge in [0.15, 0.2) is 11.6 Å². The molecule has 2 aromatic carbocycles. The normalized spacial score (nSPS) is 15.7. The Labute approximate surface area is 250 Å². The van der Waals surface area contributed by atoms with Gasteiger partial charge in [-0.3, -0.25) is 19.5 Å². The molecule has 1 atom stereocenters. The lowest BCUT2D eigenvalue weighted by Crippen LogP contribution is -2.54. The molecule has 1 saturated heterocycles. The lowest BCUT2D eigenvalue weighted by molar-refractivity contribution is -0.120. The molecule has 2 N–H and O–H groups in total. The molecule has 0 radical (unpaired) electrons. The second kappa shape index (κ2) is 12.2. The first-order chi connectivity index (χ1) is 20.7. The van der Waals surface area contributed by atoms with E-state index in [1.54, 1.807) is 18.0 Å². The van der Waals surface area contributed by atoms with Crippen molar-refractivity contribution in [1.82, 2.24) is 19.8 Å². The number of aromatic nitrogens is 2. The van der Waals surface area contributed by atoms with Crippen LogP contribution in [-0.2, 0) is 9.59 Å². The van der Waals surface area contributed by atoms with Crippen LogP contribution in [0.2, 0.25) is 0 Å². The van der Waals surface area contributed by atoms with Crippen LogP contribution in [-0.4, -0.2) is 71.1 Å². The summed E-state index contributed by atoms with van der Waals surface area (Å²) < 4.78 is 16.3. The van der Waals surface area contributed by atoms with Crippen molar-refractivity contribution in [3.05, 3.63) is 77.1 Å². The Morgan fingerprint density at radius 1 is 1.09 bits per heavy atom. The number of fused-ring (bicyclic) bond motifs is 1. The molecule has 10 heteroatoms. The smallest absolute Gasteiger partial charge is 0.219 e. The quantitative estimate of drug-likeness (QED) is 0.181. The molecule has 1 fully saturated rings. The highest BCUT2D eigenvalue weighted by Gasteiger charge is 2.32. The number of hydrogen-bond acceptors (Lipinski definition) is 6. The predicted octanol–water partition coefficient (Wildman–Crippen LogP) is 5.28. The van der Waals surface area contributed by atoms with Crippen molar-refractivity contribution in [3.63, 3.8) is 0 Å². The molecule has 2 aromatic heterocycles. The second-order valence-electron chi connectivity index (χ2n) is 11.1. The molecule has 9 nitrogen and oxygen atoms in total. The Morgan fingerprint density at radius 3 is 2.53 bits per heavy atom. The van der Waals surface area contributed by atoms with Crippen molar-refractivity contribution in [1.29, 1.82) is 0 Å². The number of halogens is 1. The van der Waals surface area contributed by atoms with E-state index >= 15 is 4.39 Å². The number of benzene rings is 2. The Morgan fingerprint density at radius 2 is 1.86 bits per heavy atom. The third-order valence-electron chi connectivity index (χ3n) is 7.94. The van der Waals surface area contributed by atoms with Crippen LogP contribution >= 0.6 is 0 Å². The highest BCUT2D eigenvalue weighted by atomic mass is 19.1. The Hall–Kier alpha value is -4.86. The van der Waals surface area contributed by atoms with Gasteiger partial charge in [0.2, 0.25) is 12.8 Å². The third-order valence-corrected chi connectivity index (χ3v) is 7.94. The van der Waals surface area contributed by atoms with Crippen LogP contribution in [0.15, 0.2) is 59.6 Å². The topological polar surface area (TPSA) is 108 Å². The van der Waals surface area contributed by atoms with Gasteiger partial charge in [0, 0.05) is 38.1 Å². The van der Waals surface area contributed by atoms with E-state index < -0.39 is 5.82 Å². The number of nitrogens with two attached hydrogens (primary N) is 1. The minimum absolute atomic E-state index is 0.0249. The summed E-state index contributed by atoms with van der Waals surface area (Å²) in [7, 11) is 1.63. The molecule has 4 aromatic rings. The average Bonchev–Trinajstić information content (AvgIpc) is 2.99. The van der Waals surface area contributed by atoms with E-state index in [0.29, 0.717) is 48.5 Å². The van der Waals surface area contributed by atoms with E-state index in [1.807, 2.05) is 61.2 Å². The zero-order valence-electron chi connectivity index (χ0n) is 25.1. The summed E-state index contributed by atoms with van der Waals surface area (Å²) in [6.45, 7) is 9.49. The summed E-state index contributed by atoms with van der Waals surface area (Å²) in [5.41, 5.74) is 9.26. The molecule has 0 aliphatic carbocycles.